The highest BCUT2D eigenvalue weighted by Gasteiger charge is 2.25. The number of hydrogen-bond donors (Lipinski definition) is 0. The van der Waals surface area contributed by atoms with Crippen LogP contribution in [0.15, 0.2) is 57.6 Å². The van der Waals surface area contributed by atoms with Crippen molar-refractivity contribution in [3.8, 4) is 5.75 Å². The minimum absolute atomic E-state index is 0.241. The Morgan fingerprint density at radius 1 is 1.22 bits per heavy atom. The summed E-state index contributed by atoms with van der Waals surface area (Å²) in [5.41, 5.74) is 1.74. The summed E-state index contributed by atoms with van der Waals surface area (Å²) in [5.74, 6) is 0.463. The second kappa shape index (κ2) is 6.56. The number of halogens is 2. The van der Waals surface area contributed by atoms with Crippen molar-refractivity contribution in [2.45, 2.75) is 0 Å². The first-order valence-corrected chi connectivity index (χ1v) is 7.86. The first-order valence-electron chi connectivity index (χ1n) is 6.69. The lowest BCUT2D eigenvalue weighted by Gasteiger charge is -2.05. The number of benzene rings is 2. The molecule has 0 N–H and O–H groups in total. The van der Waals surface area contributed by atoms with E-state index in [4.69, 9.17) is 21.1 Å². The molecule has 2 aromatic rings. The average Bonchev–Trinajstić information content (AvgIpc) is 2.90. The SMILES string of the molecule is COc1ccc(C2=N/C(=C\c3ccc(Cl)cc3)C(=O)O2)c(Br)c1. The number of carbonyl (C=O) groups excluding carboxylic acids is 1. The number of carbonyl (C=O) groups is 1. The number of esters is 1. The third kappa shape index (κ3) is 3.46. The van der Waals surface area contributed by atoms with Crippen LogP contribution in [0.1, 0.15) is 11.1 Å². The molecule has 1 aliphatic rings. The fourth-order valence-corrected chi connectivity index (χ4v) is 2.69. The molecule has 3 rings (SSSR count). The zero-order valence-corrected chi connectivity index (χ0v) is 14.4. The summed E-state index contributed by atoms with van der Waals surface area (Å²) in [4.78, 5) is 16.3. The lowest BCUT2D eigenvalue weighted by molar-refractivity contribution is -0.129. The van der Waals surface area contributed by atoms with Gasteiger partial charge < -0.3 is 9.47 Å². The predicted octanol–water partition coefficient (Wildman–Crippen LogP) is 4.46. The lowest BCUT2D eigenvalue weighted by Crippen LogP contribution is -2.06. The fraction of sp³-hybridized carbons (Fsp3) is 0.0588. The molecule has 0 saturated heterocycles. The van der Waals surface area contributed by atoms with Crippen LogP contribution in [-0.2, 0) is 9.53 Å². The Morgan fingerprint density at radius 3 is 2.61 bits per heavy atom. The maximum atomic E-state index is 12.0. The molecule has 0 saturated carbocycles. The van der Waals surface area contributed by atoms with Crippen molar-refractivity contribution in [2.75, 3.05) is 7.11 Å². The number of hydrogen-bond acceptors (Lipinski definition) is 4. The Balaban J connectivity index is 1.93. The summed E-state index contributed by atoms with van der Waals surface area (Å²) in [5, 5.41) is 0.632. The van der Waals surface area contributed by atoms with Crippen LogP contribution in [0.3, 0.4) is 0 Å². The van der Waals surface area contributed by atoms with Gasteiger partial charge in [0.2, 0.25) is 5.90 Å². The lowest BCUT2D eigenvalue weighted by atomic mass is 10.2. The maximum Gasteiger partial charge on any atom is 0.363 e. The van der Waals surface area contributed by atoms with Gasteiger partial charge in [-0.25, -0.2) is 9.79 Å². The number of cyclic esters (lactones) is 1. The predicted molar refractivity (Wildman–Crippen MR) is 92.8 cm³/mol. The molecule has 6 heteroatoms. The highest BCUT2D eigenvalue weighted by atomic mass is 79.9. The van der Waals surface area contributed by atoms with Gasteiger partial charge in [-0.3, -0.25) is 0 Å². The van der Waals surface area contributed by atoms with E-state index in [1.807, 2.05) is 0 Å². The van der Waals surface area contributed by atoms with Crippen molar-refractivity contribution >= 4 is 45.5 Å². The molecule has 0 amide bonds. The Kier molecular flexibility index (Phi) is 4.50. The van der Waals surface area contributed by atoms with Gasteiger partial charge in [0.15, 0.2) is 5.70 Å². The van der Waals surface area contributed by atoms with Crippen LogP contribution in [0, 0.1) is 0 Å². The van der Waals surface area contributed by atoms with Gasteiger partial charge in [-0.05, 0) is 57.9 Å². The Labute approximate surface area is 146 Å². The monoisotopic (exact) mass is 391 g/mol. The molecule has 116 valence electrons. The molecule has 4 nitrogen and oxygen atoms in total. The van der Waals surface area contributed by atoms with Gasteiger partial charge >= 0.3 is 5.97 Å². The van der Waals surface area contributed by atoms with Crippen LogP contribution < -0.4 is 4.74 Å². The van der Waals surface area contributed by atoms with Crippen LogP contribution in [0.5, 0.6) is 5.75 Å². The van der Waals surface area contributed by atoms with E-state index in [2.05, 4.69) is 20.9 Å². The molecule has 0 bridgehead atoms. The van der Waals surface area contributed by atoms with Crippen molar-refractivity contribution in [1.82, 2.24) is 0 Å². The molecule has 0 spiro atoms. The average molecular weight is 393 g/mol. The van der Waals surface area contributed by atoms with E-state index in [1.165, 1.54) is 0 Å². The molecule has 0 radical (unpaired) electrons. The summed E-state index contributed by atoms with van der Waals surface area (Å²) in [6.45, 7) is 0. The fourth-order valence-electron chi connectivity index (χ4n) is 2.04. The number of methoxy groups -OCH3 is 1. The first-order chi connectivity index (χ1) is 11.1. The van der Waals surface area contributed by atoms with Crippen LogP contribution in [0.25, 0.3) is 6.08 Å². The summed E-state index contributed by atoms with van der Waals surface area (Å²) in [6.07, 6.45) is 1.66. The highest BCUT2D eigenvalue weighted by Crippen LogP contribution is 2.27. The van der Waals surface area contributed by atoms with Gasteiger partial charge in [0.1, 0.15) is 5.75 Å². The van der Waals surface area contributed by atoms with Gasteiger partial charge in [-0.2, -0.15) is 0 Å². The molecular weight excluding hydrogens is 382 g/mol. The smallest absolute Gasteiger partial charge is 0.363 e. The van der Waals surface area contributed by atoms with Crippen LogP contribution in [0.2, 0.25) is 5.02 Å². The van der Waals surface area contributed by atoms with Crippen LogP contribution in [-0.4, -0.2) is 19.0 Å². The van der Waals surface area contributed by atoms with E-state index in [9.17, 15) is 4.79 Å². The van der Waals surface area contributed by atoms with Gasteiger partial charge in [-0.1, -0.05) is 23.7 Å². The minimum atomic E-state index is -0.488. The quantitative estimate of drug-likeness (QED) is 0.572. The summed E-state index contributed by atoms with van der Waals surface area (Å²) in [7, 11) is 1.58. The summed E-state index contributed by atoms with van der Waals surface area (Å²) >= 11 is 9.27. The van der Waals surface area contributed by atoms with Crippen molar-refractivity contribution in [3.63, 3.8) is 0 Å². The third-order valence-corrected chi connectivity index (χ3v) is 4.11. The molecular formula is C17H11BrClNO3. The van der Waals surface area contributed by atoms with E-state index < -0.39 is 5.97 Å². The van der Waals surface area contributed by atoms with E-state index in [0.717, 1.165) is 10.0 Å². The van der Waals surface area contributed by atoms with Gasteiger partial charge in [0.05, 0.1) is 12.7 Å². The molecule has 0 unspecified atom stereocenters. The number of nitrogens with zero attached hydrogens (tertiary/aromatic N) is 1. The Bertz CT molecular complexity index is 828. The van der Waals surface area contributed by atoms with Crippen LogP contribution in [0.4, 0.5) is 0 Å². The Hall–Kier alpha value is -2.11. The number of ether oxygens (including phenoxy) is 2. The molecule has 23 heavy (non-hydrogen) atoms. The first kappa shape index (κ1) is 15.8. The third-order valence-electron chi connectivity index (χ3n) is 3.20. The zero-order chi connectivity index (χ0) is 16.4. The second-order valence-electron chi connectivity index (χ2n) is 4.73. The van der Waals surface area contributed by atoms with E-state index >= 15 is 0 Å². The van der Waals surface area contributed by atoms with E-state index in [1.54, 1.807) is 55.7 Å². The molecule has 1 heterocycles. The highest BCUT2D eigenvalue weighted by molar-refractivity contribution is 9.10. The molecule has 0 aliphatic carbocycles. The second-order valence-corrected chi connectivity index (χ2v) is 6.02. The molecule has 0 atom stereocenters. The number of rotatable bonds is 3. The van der Waals surface area contributed by atoms with Gasteiger partial charge in [-0.15, -0.1) is 0 Å². The Morgan fingerprint density at radius 2 is 1.96 bits per heavy atom. The minimum Gasteiger partial charge on any atom is -0.497 e. The van der Waals surface area contributed by atoms with E-state index in [0.29, 0.717) is 16.3 Å². The molecule has 2 aromatic carbocycles. The zero-order valence-electron chi connectivity index (χ0n) is 12.0. The maximum absolute atomic E-state index is 12.0. The van der Waals surface area contributed by atoms with Crippen molar-refractivity contribution in [2.24, 2.45) is 4.99 Å². The van der Waals surface area contributed by atoms with Crippen molar-refractivity contribution in [3.05, 3.63) is 68.8 Å². The summed E-state index contributed by atoms with van der Waals surface area (Å²) < 4.78 is 11.1. The summed E-state index contributed by atoms with van der Waals surface area (Å²) in [6, 6.07) is 12.4. The number of aliphatic imine (C=N–C) groups is 1. The van der Waals surface area contributed by atoms with Crippen molar-refractivity contribution < 1.29 is 14.3 Å². The van der Waals surface area contributed by atoms with Crippen LogP contribution >= 0.6 is 27.5 Å². The standard InChI is InChI=1S/C17H11BrClNO3/c1-22-12-6-7-13(14(18)9-12)16-20-15(17(21)23-16)8-10-2-4-11(19)5-3-10/h2-9H,1H3/b15-8-. The van der Waals surface area contributed by atoms with Gasteiger partial charge in [0, 0.05) is 9.50 Å². The molecule has 1 aliphatic heterocycles. The normalized spacial score (nSPS) is 15.5. The largest absolute Gasteiger partial charge is 0.497 e. The van der Waals surface area contributed by atoms with Gasteiger partial charge in [0.25, 0.3) is 0 Å². The molecule has 0 aromatic heterocycles. The van der Waals surface area contributed by atoms with E-state index in [-0.39, 0.29) is 11.6 Å². The molecule has 0 fully saturated rings. The topological polar surface area (TPSA) is 47.9 Å². The van der Waals surface area contributed by atoms with Crippen molar-refractivity contribution in [1.29, 1.82) is 0 Å².